The van der Waals surface area contributed by atoms with Crippen LogP contribution in [-0.4, -0.2) is 14.0 Å². The Morgan fingerprint density at radius 1 is 0.773 bits per heavy atom. The average molecular weight is 361 g/mol. The molecular formula is C19H36S3. The van der Waals surface area contributed by atoms with Crippen molar-refractivity contribution in [2.75, 3.05) is 5.75 Å². The molecule has 0 amide bonds. The molecule has 0 nitrogen and oxygen atoms in total. The highest BCUT2D eigenvalue weighted by Gasteiger charge is 2.37. The molecule has 1 aliphatic rings. The van der Waals surface area contributed by atoms with Gasteiger partial charge in [-0.25, -0.2) is 0 Å². The first-order valence-electron chi connectivity index (χ1n) is 9.58. The van der Waals surface area contributed by atoms with Gasteiger partial charge in [-0.2, -0.15) is 0 Å². The first-order valence-corrected chi connectivity index (χ1v) is 11.8. The van der Waals surface area contributed by atoms with Gasteiger partial charge in [-0.3, -0.25) is 0 Å². The van der Waals surface area contributed by atoms with E-state index >= 15 is 0 Å². The molecule has 0 N–H and O–H groups in total. The maximum Gasteiger partial charge on any atom is 0.104 e. The van der Waals surface area contributed by atoms with Crippen LogP contribution in [0.25, 0.3) is 0 Å². The second kappa shape index (κ2) is 13.1. The Morgan fingerprint density at radius 2 is 1.23 bits per heavy atom. The summed E-state index contributed by atoms with van der Waals surface area (Å²) < 4.78 is 1.70. The summed E-state index contributed by atoms with van der Waals surface area (Å²) in [7, 11) is 0. The summed E-state index contributed by atoms with van der Waals surface area (Å²) in [5.41, 5.74) is 0. The van der Waals surface area contributed by atoms with E-state index in [1.165, 1.54) is 99.2 Å². The number of thioether (sulfide) groups is 2. The van der Waals surface area contributed by atoms with Crippen LogP contribution in [0, 0.1) is 0 Å². The standard InChI is InChI=1S/C19H36S3/c1-3-5-7-9-11-13-15-19(17-21-18(20)22-19)16-14-12-10-8-6-4-2/h3-17H2,1-2H3. The first-order chi connectivity index (χ1) is 10.7. The van der Waals surface area contributed by atoms with Crippen LogP contribution < -0.4 is 0 Å². The predicted octanol–water partition coefficient (Wildman–Crippen LogP) is 7.99. The molecule has 0 aromatic carbocycles. The summed E-state index contributed by atoms with van der Waals surface area (Å²) in [5.74, 6) is 1.28. The summed E-state index contributed by atoms with van der Waals surface area (Å²) in [6.45, 7) is 4.59. The molecule has 3 heteroatoms. The molecule has 1 heterocycles. The molecule has 22 heavy (non-hydrogen) atoms. The van der Waals surface area contributed by atoms with E-state index in [0.29, 0.717) is 4.75 Å². The quantitative estimate of drug-likeness (QED) is 0.227. The molecule has 0 atom stereocenters. The van der Waals surface area contributed by atoms with Crippen LogP contribution in [0.15, 0.2) is 0 Å². The Hall–Kier alpha value is 0.790. The van der Waals surface area contributed by atoms with Gasteiger partial charge < -0.3 is 0 Å². The van der Waals surface area contributed by atoms with Crippen molar-refractivity contribution >= 4 is 39.3 Å². The van der Waals surface area contributed by atoms with Crippen molar-refractivity contribution in [1.29, 1.82) is 0 Å². The normalized spacial score (nSPS) is 17.3. The van der Waals surface area contributed by atoms with Gasteiger partial charge in [0.1, 0.15) is 3.53 Å². The fourth-order valence-electron chi connectivity index (χ4n) is 3.25. The first kappa shape index (κ1) is 20.8. The van der Waals surface area contributed by atoms with E-state index in [2.05, 4.69) is 13.8 Å². The average Bonchev–Trinajstić information content (AvgIpc) is 2.88. The molecule has 1 aliphatic heterocycles. The van der Waals surface area contributed by atoms with E-state index in [0.717, 1.165) is 0 Å². The highest BCUT2D eigenvalue weighted by Crippen LogP contribution is 2.48. The van der Waals surface area contributed by atoms with Crippen LogP contribution in [0.2, 0.25) is 0 Å². The van der Waals surface area contributed by atoms with Crippen LogP contribution >= 0.6 is 35.7 Å². The zero-order chi connectivity index (χ0) is 16.1. The van der Waals surface area contributed by atoms with Crippen molar-refractivity contribution in [3.05, 3.63) is 0 Å². The van der Waals surface area contributed by atoms with Gasteiger partial charge in [0, 0.05) is 10.5 Å². The maximum atomic E-state index is 5.47. The van der Waals surface area contributed by atoms with E-state index in [-0.39, 0.29) is 0 Å². The van der Waals surface area contributed by atoms with E-state index in [9.17, 15) is 0 Å². The number of thiocarbonyl (C=S) groups is 1. The number of hydrogen-bond donors (Lipinski definition) is 0. The van der Waals surface area contributed by atoms with Crippen LogP contribution in [0.1, 0.15) is 104 Å². The Balaban J connectivity index is 2.19. The molecule has 1 fully saturated rings. The van der Waals surface area contributed by atoms with Crippen molar-refractivity contribution in [2.45, 2.75) is 108 Å². The molecule has 0 aromatic rings. The number of unbranched alkanes of at least 4 members (excludes halogenated alkanes) is 10. The fraction of sp³-hybridized carbons (Fsp3) is 0.947. The van der Waals surface area contributed by atoms with Crippen molar-refractivity contribution in [1.82, 2.24) is 0 Å². The molecule has 0 saturated carbocycles. The third kappa shape index (κ3) is 9.17. The highest BCUT2D eigenvalue weighted by atomic mass is 32.2. The van der Waals surface area contributed by atoms with Gasteiger partial charge in [-0.15, -0.1) is 23.5 Å². The topological polar surface area (TPSA) is 0 Å². The van der Waals surface area contributed by atoms with Gasteiger partial charge in [-0.1, -0.05) is 103 Å². The third-order valence-electron chi connectivity index (χ3n) is 4.72. The van der Waals surface area contributed by atoms with Crippen molar-refractivity contribution in [3.63, 3.8) is 0 Å². The van der Waals surface area contributed by atoms with Gasteiger partial charge in [-0.05, 0) is 12.8 Å². The summed E-state index contributed by atoms with van der Waals surface area (Å²) in [6, 6.07) is 0. The summed E-state index contributed by atoms with van der Waals surface area (Å²) in [5, 5.41) is 0. The minimum atomic E-state index is 0.497. The molecule has 0 radical (unpaired) electrons. The monoisotopic (exact) mass is 360 g/mol. The van der Waals surface area contributed by atoms with E-state index in [4.69, 9.17) is 12.2 Å². The van der Waals surface area contributed by atoms with Crippen molar-refractivity contribution < 1.29 is 0 Å². The molecule has 1 rings (SSSR count). The lowest BCUT2D eigenvalue weighted by Gasteiger charge is -2.27. The SMILES string of the molecule is CCCCCCCCC1(CCCCCCCC)CSC(=S)S1. The number of hydrogen-bond acceptors (Lipinski definition) is 3. The second-order valence-corrected chi connectivity index (χ2v) is 10.5. The Bertz CT molecular complexity index is 272. The Labute approximate surface area is 153 Å². The summed E-state index contributed by atoms with van der Waals surface area (Å²) >= 11 is 9.45. The minimum Gasteiger partial charge on any atom is -0.106 e. The fourth-order valence-corrected chi connectivity index (χ4v) is 6.83. The second-order valence-electron chi connectivity index (χ2n) is 6.86. The Kier molecular flexibility index (Phi) is 12.4. The zero-order valence-corrected chi connectivity index (χ0v) is 17.3. The molecule has 0 unspecified atom stereocenters. The molecular weight excluding hydrogens is 324 g/mol. The number of rotatable bonds is 14. The van der Waals surface area contributed by atoms with Crippen LogP contribution in [0.4, 0.5) is 0 Å². The molecule has 0 aliphatic carbocycles. The van der Waals surface area contributed by atoms with Gasteiger partial charge >= 0.3 is 0 Å². The van der Waals surface area contributed by atoms with Gasteiger partial charge in [0.25, 0.3) is 0 Å². The van der Waals surface area contributed by atoms with E-state index in [1.54, 1.807) is 0 Å². The summed E-state index contributed by atoms with van der Waals surface area (Å²) in [6.07, 6.45) is 19.7. The van der Waals surface area contributed by atoms with Gasteiger partial charge in [0.15, 0.2) is 0 Å². The summed E-state index contributed by atoms with van der Waals surface area (Å²) in [4.78, 5) is 0. The molecule has 1 saturated heterocycles. The van der Waals surface area contributed by atoms with E-state index in [1.807, 2.05) is 23.5 Å². The maximum absolute atomic E-state index is 5.47. The zero-order valence-electron chi connectivity index (χ0n) is 14.8. The van der Waals surface area contributed by atoms with Crippen molar-refractivity contribution in [3.8, 4) is 0 Å². The lowest BCUT2D eigenvalue weighted by Crippen LogP contribution is -2.24. The van der Waals surface area contributed by atoms with E-state index < -0.39 is 0 Å². The predicted molar refractivity (Wildman–Crippen MR) is 111 cm³/mol. The van der Waals surface area contributed by atoms with Crippen molar-refractivity contribution in [2.24, 2.45) is 0 Å². The molecule has 0 aromatic heterocycles. The van der Waals surface area contributed by atoms with Crippen LogP contribution in [0.3, 0.4) is 0 Å². The van der Waals surface area contributed by atoms with Gasteiger partial charge in [0.05, 0.1) is 0 Å². The smallest absolute Gasteiger partial charge is 0.104 e. The third-order valence-corrected chi connectivity index (χ3v) is 8.20. The van der Waals surface area contributed by atoms with Crippen LogP contribution in [0.5, 0.6) is 0 Å². The highest BCUT2D eigenvalue weighted by molar-refractivity contribution is 8.49. The van der Waals surface area contributed by atoms with Gasteiger partial charge in [0.2, 0.25) is 0 Å². The minimum absolute atomic E-state index is 0.497. The molecule has 0 bridgehead atoms. The molecule has 130 valence electrons. The molecule has 0 spiro atoms. The Morgan fingerprint density at radius 3 is 1.64 bits per heavy atom. The largest absolute Gasteiger partial charge is 0.106 e. The lowest BCUT2D eigenvalue weighted by molar-refractivity contribution is 0.474. The van der Waals surface area contributed by atoms with Crippen LogP contribution in [-0.2, 0) is 0 Å². The lowest BCUT2D eigenvalue weighted by atomic mass is 9.94.